The van der Waals surface area contributed by atoms with Gasteiger partial charge in [-0.25, -0.2) is 0 Å². The molecule has 2 bridgehead atoms. The van der Waals surface area contributed by atoms with E-state index in [9.17, 15) is 0 Å². The third kappa shape index (κ3) is 1.80. The van der Waals surface area contributed by atoms with E-state index < -0.39 is 0 Å². The van der Waals surface area contributed by atoms with Crippen LogP contribution in [0.4, 0.5) is 0 Å². The fraction of sp³-hybridized carbons (Fsp3) is 0.833. The Labute approximate surface area is 87.1 Å². The second kappa shape index (κ2) is 3.92. The third-order valence-corrected chi connectivity index (χ3v) is 3.88. The Morgan fingerprint density at radius 3 is 2.43 bits per heavy atom. The predicted molar refractivity (Wildman–Crippen MR) is 59.0 cm³/mol. The zero-order valence-electron chi connectivity index (χ0n) is 9.16. The molecule has 0 aromatic rings. The van der Waals surface area contributed by atoms with Gasteiger partial charge in [-0.15, -0.1) is 6.42 Å². The summed E-state index contributed by atoms with van der Waals surface area (Å²) < 4.78 is 0. The number of rotatable bonds is 2. The molecule has 0 amide bonds. The van der Waals surface area contributed by atoms with Gasteiger partial charge in [-0.05, 0) is 39.7 Å². The van der Waals surface area contributed by atoms with Gasteiger partial charge in [-0.2, -0.15) is 0 Å². The van der Waals surface area contributed by atoms with Crippen LogP contribution in [0.2, 0.25) is 0 Å². The molecule has 2 heterocycles. The molecule has 2 aliphatic heterocycles. The average Bonchev–Trinajstić information content (AvgIpc) is 2.55. The lowest BCUT2D eigenvalue weighted by molar-refractivity contribution is 0.156. The first-order valence-electron chi connectivity index (χ1n) is 5.65. The first-order valence-corrected chi connectivity index (χ1v) is 5.65. The lowest BCUT2D eigenvalue weighted by atomic mass is 9.97. The van der Waals surface area contributed by atoms with Crippen molar-refractivity contribution in [2.75, 3.05) is 7.05 Å². The van der Waals surface area contributed by atoms with Crippen LogP contribution < -0.4 is 5.32 Å². The first kappa shape index (κ1) is 10.0. The topological polar surface area (TPSA) is 15.3 Å². The summed E-state index contributed by atoms with van der Waals surface area (Å²) in [6.07, 6.45) is 10.7. The summed E-state index contributed by atoms with van der Waals surface area (Å²) in [5.74, 6) is 2.82. The van der Waals surface area contributed by atoms with E-state index in [2.05, 4.69) is 30.1 Å². The Kier molecular flexibility index (Phi) is 2.80. The minimum atomic E-state index is 0.275. The fourth-order valence-corrected chi connectivity index (χ4v) is 2.79. The smallest absolute Gasteiger partial charge is 0.0683 e. The number of nitrogens with one attached hydrogen (secondary N) is 1. The number of terminal acetylenes is 1. The van der Waals surface area contributed by atoms with Crippen molar-refractivity contribution >= 4 is 0 Å². The van der Waals surface area contributed by atoms with Gasteiger partial charge in [0.2, 0.25) is 0 Å². The van der Waals surface area contributed by atoms with Crippen LogP contribution in [0.1, 0.15) is 32.6 Å². The number of hydrogen-bond acceptors (Lipinski definition) is 2. The van der Waals surface area contributed by atoms with Crippen molar-refractivity contribution in [2.45, 2.75) is 56.8 Å². The lowest BCUT2D eigenvalue weighted by Gasteiger charge is -2.37. The Balaban J connectivity index is 1.96. The number of nitrogens with zero attached hydrogens (tertiary/aromatic N) is 1. The van der Waals surface area contributed by atoms with Crippen LogP contribution in [-0.4, -0.2) is 36.1 Å². The van der Waals surface area contributed by atoms with Crippen molar-refractivity contribution in [2.24, 2.45) is 0 Å². The summed E-state index contributed by atoms with van der Waals surface area (Å²) in [6, 6.07) is 2.48. The highest BCUT2D eigenvalue weighted by atomic mass is 15.2. The molecule has 0 saturated carbocycles. The van der Waals surface area contributed by atoms with Crippen molar-refractivity contribution in [3.05, 3.63) is 0 Å². The molecule has 2 rings (SSSR count). The van der Waals surface area contributed by atoms with Gasteiger partial charge in [0, 0.05) is 18.1 Å². The largest absolute Gasteiger partial charge is 0.311 e. The van der Waals surface area contributed by atoms with Crippen molar-refractivity contribution in [1.29, 1.82) is 0 Å². The molecular weight excluding hydrogens is 172 g/mol. The summed E-state index contributed by atoms with van der Waals surface area (Å²) in [4.78, 5) is 2.37. The van der Waals surface area contributed by atoms with E-state index in [-0.39, 0.29) is 6.04 Å². The minimum Gasteiger partial charge on any atom is -0.311 e. The summed E-state index contributed by atoms with van der Waals surface area (Å²) in [5.41, 5.74) is 0. The molecule has 0 spiro atoms. The number of hydrogen-bond donors (Lipinski definition) is 1. The molecule has 78 valence electrons. The predicted octanol–water partition coefficient (Wildman–Crippen LogP) is 1.22. The first-order chi connectivity index (χ1) is 6.70. The van der Waals surface area contributed by atoms with Crippen LogP contribution in [0, 0.1) is 12.3 Å². The van der Waals surface area contributed by atoms with E-state index in [1.54, 1.807) is 0 Å². The molecule has 2 fully saturated rings. The van der Waals surface area contributed by atoms with Crippen LogP contribution in [-0.2, 0) is 0 Å². The molecule has 3 atom stereocenters. The van der Waals surface area contributed by atoms with Gasteiger partial charge >= 0.3 is 0 Å². The van der Waals surface area contributed by atoms with Gasteiger partial charge in [0.15, 0.2) is 0 Å². The van der Waals surface area contributed by atoms with Crippen LogP contribution in [0.3, 0.4) is 0 Å². The molecule has 2 aliphatic rings. The molecule has 0 radical (unpaired) electrons. The van der Waals surface area contributed by atoms with E-state index >= 15 is 0 Å². The molecule has 3 unspecified atom stereocenters. The van der Waals surface area contributed by atoms with Crippen molar-refractivity contribution in [3.63, 3.8) is 0 Å². The standard InChI is InChI=1S/C12H20N2/c1-4-9(2)14(3)12-7-10-5-6-11(8-12)13-10/h1,9-13H,5-8H2,2-3H3. The van der Waals surface area contributed by atoms with Gasteiger partial charge in [-0.3, -0.25) is 4.90 Å². The minimum absolute atomic E-state index is 0.275. The average molecular weight is 192 g/mol. The summed E-state index contributed by atoms with van der Waals surface area (Å²) in [5, 5.41) is 3.65. The molecule has 2 heteroatoms. The van der Waals surface area contributed by atoms with Crippen LogP contribution in [0.5, 0.6) is 0 Å². The SMILES string of the molecule is C#CC(C)N(C)C1CC2CCC(C1)N2. The third-order valence-electron chi connectivity index (χ3n) is 3.88. The molecule has 0 aromatic carbocycles. The van der Waals surface area contributed by atoms with Crippen molar-refractivity contribution in [3.8, 4) is 12.3 Å². The van der Waals surface area contributed by atoms with E-state index in [0.717, 1.165) is 12.1 Å². The number of piperidine rings is 1. The maximum Gasteiger partial charge on any atom is 0.0683 e. The highest BCUT2D eigenvalue weighted by molar-refractivity contribution is 5.01. The lowest BCUT2D eigenvalue weighted by Crippen LogP contribution is -2.49. The van der Waals surface area contributed by atoms with Gasteiger partial charge < -0.3 is 5.32 Å². The van der Waals surface area contributed by atoms with Gasteiger partial charge in [0.1, 0.15) is 0 Å². The zero-order chi connectivity index (χ0) is 10.1. The summed E-state index contributed by atoms with van der Waals surface area (Å²) >= 11 is 0. The Morgan fingerprint density at radius 2 is 1.93 bits per heavy atom. The summed E-state index contributed by atoms with van der Waals surface area (Å²) in [7, 11) is 2.17. The fourth-order valence-electron chi connectivity index (χ4n) is 2.79. The van der Waals surface area contributed by atoms with E-state index in [1.165, 1.54) is 25.7 Å². The van der Waals surface area contributed by atoms with E-state index in [4.69, 9.17) is 6.42 Å². The highest BCUT2D eigenvalue weighted by Crippen LogP contribution is 2.29. The molecule has 2 nitrogen and oxygen atoms in total. The molecule has 0 aromatic heterocycles. The molecule has 1 N–H and O–H groups in total. The van der Waals surface area contributed by atoms with Gasteiger partial charge in [0.05, 0.1) is 6.04 Å². The van der Waals surface area contributed by atoms with Gasteiger partial charge in [-0.1, -0.05) is 5.92 Å². The summed E-state index contributed by atoms with van der Waals surface area (Å²) in [6.45, 7) is 2.12. The Hall–Kier alpha value is -0.520. The zero-order valence-corrected chi connectivity index (χ0v) is 9.16. The molecule has 0 aliphatic carbocycles. The Morgan fingerprint density at radius 1 is 1.36 bits per heavy atom. The molecule has 2 saturated heterocycles. The van der Waals surface area contributed by atoms with Gasteiger partial charge in [0.25, 0.3) is 0 Å². The van der Waals surface area contributed by atoms with Crippen molar-refractivity contribution < 1.29 is 0 Å². The quantitative estimate of drug-likeness (QED) is 0.662. The Bertz CT molecular complexity index is 231. The normalized spacial score (nSPS) is 38.3. The maximum absolute atomic E-state index is 5.46. The van der Waals surface area contributed by atoms with E-state index in [0.29, 0.717) is 6.04 Å². The highest BCUT2D eigenvalue weighted by Gasteiger charge is 2.35. The van der Waals surface area contributed by atoms with Crippen LogP contribution in [0.15, 0.2) is 0 Å². The second-order valence-electron chi connectivity index (χ2n) is 4.77. The monoisotopic (exact) mass is 192 g/mol. The maximum atomic E-state index is 5.46. The molecular formula is C12H20N2. The van der Waals surface area contributed by atoms with Crippen molar-refractivity contribution in [1.82, 2.24) is 10.2 Å². The molecule has 14 heavy (non-hydrogen) atoms. The number of fused-ring (bicyclic) bond motifs is 2. The van der Waals surface area contributed by atoms with E-state index in [1.807, 2.05) is 0 Å². The van der Waals surface area contributed by atoms with Crippen LogP contribution >= 0.6 is 0 Å². The van der Waals surface area contributed by atoms with Crippen LogP contribution in [0.25, 0.3) is 0 Å². The second-order valence-corrected chi connectivity index (χ2v) is 4.77.